The van der Waals surface area contributed by atoms with Gasteiger partial charge < -0.3 is 4.74 Å². The van der Waals surface area contributed by atoms with Crippen LogP contribution in [-0.2, 0) is 4.74 Å². The van der Waals surface area contributed by atoms with Crippen LogP contribution in [0.15, 0.2) is 30.3 Å². The number of carbonyl (C=O) groups is 1. The first kappa shape index (κ1) is 12.0. The number of rotatable bonds is 4. The number of ether oxygens (including phenoxy) is 1. The minimum Gasteiger partial charge on any atom is -0.465 e. The maximum atomic E-state index is 11.4. The second kappa shape index (κ2) is 6.40. The van der Waals surface area contributed by atoms with Crippen LogP contribution in [0.3, 0.4) is 0 Å². The Hall–Kier alpha value is -1.09. The van der Waals surface area contributed by atoms with E-state index in [0.717, 1.165) is 17.3 Å². The van der Waals surface area contributed by atoms with Crippen LogP contribution in [-0.4, -0.2) is 18.4 Å². The van der Waals surface area contributed by atoms with Gasteiger partial charge in [-0.25, -0.2) is 4.79 Å². The topological polar surface area (TPSA) is 26.3 Å². The number of allylic oxidation sites excluding steroid dienone is 1. The Morgan fingerprint density at radius 3 is 2.87 bits per heavy atom. The Kier molecular flexibility index (Phi) is 5.12. The van der Waals surface area contributed by atoms with Gasteiger partial charge in [-0.2, -0.15) is 0 Å². The summed E-state index contributed by atoms with van der Waals surface area (Å²) in [5.41, 5.74) is 1.50. The van der Waals surface area contributed by atoms with E-state index in [1.54, 1.807) is 6.07 Å². The van der Waals surface area contributed by atoms with E-state index in [2.05, 4.69) is 15.9 Å². The summed E-state index contributed by atoms with van der Waals surface area (Å²) in [6, 6.07) is 7.39. The van der Waals surface area contributed by atoms with Gasteiger partial charge in [-0.1, -0.05) is 46.3 Å². The number of hydrogen-bond acceptors (Lipinski definition) is 2. The highest BCUT2D eigenvalue weighted by Crippen LogP contribution is 2.12. The molecule has 1 aromatic rings. The van der Waals surface area contributed by atoms with E-state index >= 15 is 0 Å². The molecule has 1 rings (SSSR count). The first-order valence-corrected chi connectivity index (χ1v) is 5.81. The molecule has 1 aromatic carbocycles. The van der Waals surface area contributed by atoms with Gasteiger partial charge in [-0.15, -0.1) is 0 Å². The molecule has 15 heavy (non-hydrogen) atoms. The molecule has 0 aromatic heterocycles. The quantitative estimate of drug-likeness (QED) is 0.619. The first-order chi connectivity index (χ1) is 7.29. The largest absolute Gasteiger partial charge is 0.465 e. The number of carbonyl (C=O) groups excluding carboxylic acids is 1. The molecule has 0 saturated heterocycles. The second-order valence-electron chi connectivity index (χ2n) is 2.96. The molecule has 0 atom stereocenters. The lowest BCUT2D eigenvalue weighted by molar-refractivity contribution is 0.0600. The van der Waals surface area contributed by atoms with Gasteiger partial charge in [-0.3, -0.25) is 0 Å². The molecular formula is C12H13BrO2. The van der Waals surface area contributed by atoms with Crippen LogP contribution in [0, 0.1) is 0 Å². The van der Waals surface area contributed by atoms with Crippen molar-refractivity contribution in [1.82, 2.24) is 0 Å². The fourth-order valence-electron chi connectivity index (χ4n) is 1.21. The second-order valence-corrected chi connectivity index (χ2v) is 3.75. The Morgan fingerprint density at radius 2 is 2.20 bits per heavy atom. The standard InChI is InChI=1S/C12H13BrO2/c1-15-12(14)11-8-3-2-6-10(11)7-4-5-9-13/h2-4,6-8H,5,9H2,1H3. The monoisotopic (exact) mass is 268 g/mol. The molecule has 0 aliphatic rings. The van der Waals surface area contributed by atoms with E-state index in [9.17, 15) is 4.79 Å². The summed E-state index contributed by atoms with van der Waals surface area (Å²) < 4.78 is 4.70. The van der Waals surface area contributed by atoms with Crippen molar-refractivity contribution in [3.05, 3.63) is 41.5 Å². The lowest BCUT2D eigenvalue weighted by Crippen LogP contribution is -2.03. The summed E-state index contributed by atoms with van der Waals surface area (Å²) >= 11 is 3.34. The van der Waals surface area contributed by atoms with Crippen molar-refractivity contribution in [3.63, 3.8) is 0 Å². The molecule has 0 N–H and O–H groups in total. The fraction of sp³-hybridized carbons (Fsp3) is 0.250. The van der Waals surface area contributed by atoms with E-state index < -0.39 is 0 Å². The van der Waals surface area contributed by atoms with Crippen molar-refractivity contribution < 1.29 is 9.53 Å². The molecule has 2 nitrogen and oxygen atoms in total. The van der Waals surface area contributed by atoms with Crippen LogP contribution in [0.5, 0.6) is 0 Å². The predicted molar refractivity (Wildman–Crippen MR) is 65.2 cm³/mol. The van der Waals surface area contributed by atoms with Crippen LogP contribution in [0.25, 0.3) is 6.08 Å². The van der Waals surface area contributed by atoms with E-state index in [1.165, 1.54) is 7.11 Å². The highest BCUT2D eigenvalue weighted by molar-refractivity contribution is 9.09. The molecule has 0 aliphatic heterocycles. The molecule has 0 heterocycles. The third-order valence-electron chi connectivity index (χ3n) is 1.94. The Balaban J connectivity index is 2.91. The third-order valence-corrected chi connectivity index (χ3v) is 2.40. The SMILES string of the molecule is COC(=O)c1ccccc1C=CCCBr. The van der Waals surface area contributed by atoms with Gasteiger partial charge in [0.2, 0.25) is 0 Å². The minimum atomic E-state index is -0.297. The third kappa shape index (κ3) is 3.51. The summed E-state index contributed by atoms with van der Waals surface area (Å²) in [5, 5.41) is 0.921. The predicted octanol–water partition coefficient (Wildman–Crippen LogP) is 3.27. The van der Waals surface area contributed by atoms with E-state index in [4.69, 9.17) is 4.74 Å². The molecule has 0 saturated carbocycles. The van der Waals surface area contributed by atoms with Gasteiger partial charge in [0.15, 0.2) is 0 Å². The molecular weight excluding hydrogens is 256 g/mol. The van der Waals surface area contributed by atoms with Crippen molar-refractivity contribution in [2.75, 3.05) is 12.4 Å². The summed E-state index contributed by atoms with van der Waals surface area (Å²) in [5.74, 6) is -0.297. The van der Waals surface area contributed by atoms with Gasteiger partial charge in [0.1, 0.15) is 0 Å². The Bertz CT molecular complexity index is 358. The average molecular weight is 269 g/mol. The number of hydrogen-bond donors (Lipinski definition) is 0. The normalized spacial score (nSPS) is 10.5. The van der Waals surface area contributed by atoms with E-state index in [-0.39, 0.29) is 5.97 Å². The van der Waals surface area contributed by atoms with Gasteiger partial charge >= 0.3 is 5.97 Å². The van der Waals surface area contributed by atoms with Gasteiger partial charge in [0.05, 0.1) is 12.7 Å². The van der Waals surface area contributed by atoms with Crippen LogP contribution < -0.4 is 0 Å². The fourth-order valence-corrected chi connectivity index (χ4v) is 1.48. The minimum absolute atomic E-state index is 0.297. The number of halogens is 1. The van der Waals surface area contributed by atoms with Crippen molar-refractivity contribution in [2.45, 2.75) is 6.42 Å². The smallest absolute Gasteiger partial charge is 0.338 e. The molecule has 0 radical (unpaired) electrons. The molecule has 0 aliphatic carbocycles. The molecule has 0 bridgehead atoms. The van der Waals surface area contributed by atoms with E-state index in [0.29, 0.717) is 5.56 Å². The molecule has 0 amide bonds. The maximum Gasteiger partial charge on any atom is 0.338 e. The van der Waals surface area contributed by atoms with Gasteiger partial charge in [0.25, 0.3) is 0 Å². The number of esters is 1. The molecule has 80 valence electrons. The van der Waals surface area contributed by atoms with Gasteiger partial charge in [0, 0.05) is 5.33 Å². The van der Waals surface area contributed by atoms with E-state index in [1.807, 2.05) is 30.4 Å². The van der Waals surface area contributed by atoms with Crippen LogP contribution in [0.1, 0.15) is 22.3 Å². The summed E-state index contributed by atoms with van der Waals surface area (Å²) in [7, 11) is 1.39. The zero-order valence-corrected chi connectivity index (χ0v) is 10.2. The molecule has 0 fully saturated rings. The number of alkyl halides is 1. The zero-order valence-electron chi connectivity index (χ0n) is 8.57. The lowest BCUT2D eigenvalue weighted by Gasteiger charge is -2.02. The highest BCUT2D eigenvalue weighted by Gasteiger charge is 2.07. The van der Waals surface area contributed by atoms with Gasteiger partial charge in [-0.05, 0) is 18.1 Å². The van der Waals surface area contributed by atoms with Crippen molar-refractivity contribution in [1.29, 1.82) is 0 Å². The first-order valence-electron chi connectivity index (χ1n) is 4.69. The Morgan fingerprint density at radius 1 is 1.47 bits per heavy atom. The number of benzene rings is 1. The lowest BCUT2D eigenvalue weighted by atomic mass is 10.1. The van der Waals surface area contributed by atoms with Crippen LogP contribution >= 0.6 is 15.9 Å². The van der Waals surface area contributed by atoms with Crippen molar-refractivity contribution in [3.8, 4) is 0 Å². The average Bonchev–Trinajstić information content (AvgIpc) is 2.29. The van der Waals surface area contributed by atoms with Crippen LogP contribution in [0.2, 0.25) is 0 Å². The van der Waals surface area contributed by atoms with Crippen molar-refractivity contribution >= 4 is 28.0 Å². The summed E-state index contributed by atoms with van der Waals surface area (Å²) in [4.78, 5) is 11.4. The van der Waals surface area contributed by atoms with Crippen molar-refractivity contribution in [2.24, 2.45) is 0 Å². The number of methoxy groups -OCH3 is 1. The molecule has 3 heteroatoms. The molecule has 0 spiro atoms. The zero-order chi connectivity index (χ0) is 11.1. The molecule has 0 unspecified atom stereocenters. The summed E-state index contributed by atoms with van der Waals surface area (Å²) in [6.07, 6.45) is 4.90. The van der Waals surface area contributed by atoms with Crippen LogP contribution in [0.4, 0.5) is 0 Å². The Labute approximate surface area is 98.1 Å². The maximum absolute atomic E-state index is 11.4. The summed E-state index contributed by atoms with van der Waals surface area (Å²) in [6.45, 7) is 0. The highest BCUT2D eigenvalue weighted by atomic mass is 79.9.